The van der Waals surface area contributed by atoms with Crippen LogP contribution in [-0.4, -0.2) is 23.1 Å². The van der Waals surface area contributed by atoms with Crippen LogP contribution in [0, 0.1) is 6.20 Å². The van der Waals surface area contributed by atoms with Crippen LogP contribution in [0.2, 0.25) is 0 Å². The molecule has 0 saturated heterocycles. The average Bonchev–Trinajstić information content (AvgIpc) is 2.12. The second-order valence-electron chi connectivity index (χ2n) is 2.70. The molecule has 0 aliphatic carbocycles. The van der Waals surface area contributed by atoms with Crippen molar-refractivity contribution in [1.29, 1.82) is 0 Å². The van der Waals surface area contributed by atoms with Gasteiger partial charge in [0.05, 0.1) is 6.29 Å². The standard InChI is InChI=1S/C6H10N2OP/c1-10(2,9)6-8-5-3-4-7-8/h3,5H,6H2,1-2H3. The summed E-state index contributed by atoms with van der Waals surface area (Å²) in [5, 5.41) is 3.82. The van der Waals surface area contributed by atoms with Crippen molar-refractivity contribution in [3.05, 3.63) is 18.5 Å². The number of nitrogens with zero attached hydrogens (tertiary/aromatic N) is 2. The zero-order valence-electron chi connectivity index (χ0n) is 6.11. The molecule has 0 fully saturated rings. The fourth-order valence-electron chi connectivity index (χ4n) is 0.688. The van der Waals surface area contributed by atoms with Crippen molar-refractivity contribution in [1.82, 2.24) is 9.78 Å². The minimum Gasteiger partial charge on any atom is -0.322 e. The first-order valence-corrected chi connectivity index (χ1v) is 5.80. The van der Waals surface area contributed by atoms with E-state index in [1.807, 2.05) is 0 Å². The monoisotopic (exact) mass is 157 g/mol. The van der Waals surface area contributed by atoms with Crippen molar-refractivity contribution >= 4 is 7.14 Å². The maximum Gasteiger partial charge on any atom is 0.113 e. The highest BCUT2D eigenvalue weighted by atomic mass is 31.2. The lowest BCUT2D eigenvalue weighted by molar-refractivity contribution is 0.569. The van der Waals surface area contributed by atoms with Gasteiger partial charge in [0.15, 0.2) is 0 Å². The molecule has 0 N–H and O–H groups in total. The largest absolute Gasteiger partial charge is 0.322 e. The van der Waals surface area contributed by atoms with E-state index >= 15 is 0 Å². The molecule has 0 aliphatic rings. The summed E-state index contributed by atoms with van der Waals surface area (Å²) >= 11 is 0. The molecule has 1 aromatic heterocycles. The Morgan fingerprint density at radius 3 is 2.80 bits per heavy atom. The maximum absolute atomic E-state index is 11.2. The Morgan fingerprint density at radius 1 is 1.70 bits per heavy atom. The van der Waals surface area contributed by atoms with Gasteiger partial charge in [-0.2, -0.15) is 5.10 Å². The van der Waals surface area contributed by atoms with Crippen LogP contribution in [-0.2, 0) is 10.9 Å². The third-order valence-corrected chi connectivity index (χ3v) is 1.96. The number of aromatic nitrogens is 2. The molecule has 0 aliphatic heterocycles. The molecule has 55 valence electrons. The maximum atomic E-state index is 11.2. The van der Waals surface area contributed by atoms with E-state index in [9.17, 15) is 4.57 Å². The summed E-state index contributed by atoms with van der Waals surface area (Å²) < 4.78 is 12.8. The first kappa shape index (κ1) is 7.55. The number of hydrogen-bond donors (Lipinski definition) is 0. The van der Waals surface area contributed by atoms with Gasteiger partial charge in [0.25, 0.3) is 0 Å². The molecular weight excluding hydrogens is 147 g/mol. The van der Waals surface area contributed by atoms with E-state index in [0.717, 1.165) is 0 Å². The Morgan fingerprint density at radius 2 is 2.40 bits per heavy atom. The quantitative estimate of drug-likeness (QED) is 0.606. The molecule has 0 aromatic carbocycles. The van der Waals surface area contributed by atoms with E-state index in [1.165, 1.54) is 0 Å². The highest BCUT2D eigenvalue weighted by molar-refractivity contribution is 7.61. The first-order chi connectivity index (χ1) is 4.58. The Balaban J connectivity index is 2.66. The summed E-state index contributed by atoms with van der Waals surface area (Å²) in [7, 11) is -1.97. The van der Waals surface area contributed by atoms with Crippen molar-refractivity contribution in [2.75, 3.05) is 13.3 Å². The van der Waals surface area contributed by atoms with Crippen molar-refractivity contribution in [2.45, 2.75) is 6.29 Å². The average molecular weight is 157 g/mol. The van der Waals surface area contributed by atoms with E-state index in [2.05, 4.69) is 11.3 Å². The van der Waals surface area contributed by atoms with E-state index in [4.69, 9.17) is 0 Å². The van der Waals surface area contributed by atoms with Crippen molar-refractivity contribution < 1.29 is 4.57 Å². The zero-order valence-corrected chi connectivity index (χ0v) is 7.01. The molecule has 0 bridgehead atoms. The molecule has 0 atom stereocenters. The van der Waals surface area contributed by atoms with Crippen LogP contribution in [0.15, 0.2) is 12.3 Å². The van der Waals surface area contributed by atoms with Crippen LogP contribution in [0.3, 0.4) is 0 Å². The normalized spacial score (nSPS) is 11.8. The van der Waals surface area contributed by atoms with Crippen LogP contribution in [0.5, 0.6) is 0 Å². The second-order valence-corrected chi connectivity index (χ2v) is 6.13. The third kappa shape index (κ3) is 2.36. The molecule has 3 nitrogen and oxygen atoms in total. The lowest BCUT2D eigenvalue weighted by atomic mass is 10.8. The topological polar surface area (TPSA) is 34.9 Å². The molecule has 1 rings (SSSR count). The molecule has 1 heterocycles. The number of hydrogen-bond acceptors (Lipinski definition) is 2. The Kier molecular flexibility index (Phi) is 1.95. The molecular formula is C6H10N2OP. The summed E-state index contributed by atoms with van der Waals surface area (Å²) in [5.41, 5.74) is 0. The van der Waals surface area contributed by atoms with Gasteiger partial charge in [-0.15, -0.1) is 0 Å². The van der Waals surface area contributed by atoms with Gasteiger partial charge in [-0.1, -0.05) is 0 Å². The summed E-state index contributed by atoms with van der Waals surface area (Å²) in [6.45, 7) is 3.49. The lowest BCUT2D eigenvalue weighted by Gasteiger charge is -2.04. The molecule has 1 aromatic rings. The van der Waals surface area contributed by atoms with E-state index < -0.39 is 7.14 Å². The highest BCUT2D eigenvalue weighted by Crippen LogP contribution is 2.37. The first-order valence-electron chi connectivity index (χ1n) is 3.01. The molecule has 0 spiro atoms. The van der Waals surface area contributed by atoms with Gasteiger partial charge in [0.1, 0.15) is 13.3 Å². The van der Waals surface area contributed by atoms with Gasteiger partial charge in [-0.25, -0.2) is 0 Å². The van der Waals surface area contributed by atoms with Crippen LogP contribution < -0.4 is 0 Å². The Bertz CT molecular complexity index is 236. The van der Waals surface area contributed by atoms with Crippen LogP contribution in [0.4, 0.5) is 0 Å². The summed E-state index contributed by atoms with van der Waals surface area (Å²) in [6, 6.07) is 1.70. The molecule has 4 heteroatoms. The van der Waals surface area contributed by atoms with Crippen LogP contribution in [0.25, 0.3) is 0 Å². The minimum atomic E-state index is -1.97. The van der Waals surface area contributed by atoms with Crippen molar-refractivity contribution in [2.24, 2.45) is 0 Å². The SMILES string of the molecule is CP(C)(=O)Cn1cc[c]n1. The Hall–Kier alpha value is -0.560. The van der Waals surface area contributed by atoms with E-state index in [1.54, 1.807) is 30.3 Å². The predicted molar refractivity (Wildman–Crippen MR) is 40.5 cm³/mol. The van der Waals surface area contributed by atoms with Gasteiger partial charge in [0, 0.05) is 6.20 Å². The van der Waals surface area contributed by atoms with Gasteiger partial charge in [-0.3, -0.25) is 4.68 Å². The minimum absolute atomic E-state index is 0.510. The van der Waals surface area contributed by atoms with Gasteiger partial charge in [-0.05, 0) is 19.4 Å². The third-order valence-electron chi connectivity index (χ3n) is 0.993. The zero-order chi connectivity index (χ0) is 7.61. The summed E-state index contributed by atoms with van der Waals surface area (Å²) in [6.07, 6.45) is 4.92. The lowest BCUT2D eigenvalue weighted by Crippen LogP contribution is -1.97. The van der Waals surface area contributed by atoms with Gasteiger partial charge < -0.3 is 4.57 Å². The smallest absolute Gasteiger partial charge is 0.113 e. The predicted octanol–water partition coefficient (Wildman–Crippen LogP) is 1.26. The molecule has 1 radical (unpaired) electrons. The molecule has 0 unspecified atom stereocenters. The van der Waals surface area contributed by atoms with Crippen LogP contribution in [0.1, 0.15) is 0 Å². The highest BCUT2D eigenvalue weighted by Gasteiger charge is 2.06. The van der Waals surface area contributed by atoms with Crippen molar-refractivity contribution in [3.8, 4) is 0 Å². The van der Waals surface area contributed by atoms with Gasteiger partial charge >= 0.3 is 0 Å². The molecule has 0 saturated carbocycles. The Labute approximate surface area is 60.4 Å². The van der Waals surface area contributed by atoms with Crippen molar-refractivity contribution in [3.63, 3.8) is 0 Å². The van der Waals surface area contributed by atoms with E-state index in [-0.39, 0.29) is 0 Å². The molecule has 0 amide bonds. The molecule has 10 heavy (non-hydrogen) atoms. The summed E-state index contributed by atoms with van der Waals surface area (Å²) in [5.74, 6) is 0. The fourth-order valence-corrected chi connectivity index (χ4v) is 1.54. The van der Waals surface area contributed by atoms with Gasteiger partial charge in [0.2, 0.25) is 0 Å². The second kappa shape index (κ2) is 2.59. The fraction of sp³-hybridized carbons (Fsp3) is 0.500. The van der Waals surface area contributed by atoms with Crippen LogP contribution >= 0.6 is 7.14 Å². The number of rotatable bonds is 2. The van der Waals surface area contributed by atoms with E-state index in [0.29, 0.717) is 6.29 Å². The summed E-state index contributed by atoms with van der Waals surface area (Å²) in [4.78, 5) is 0.